The number of carboxylic acid groups (broad SMARTS) is 1. The van der Waals surface area contributed by atoms with Gasteiger partial charge in [0.25, 0.3) is 0 Å². The predicted octanol–water partition coefficient (Wildman–Crippen LogP) is 1.43. The molecule has 0 amide bonds. The van der Waals surface area contributed by atoms with Gasteiger partial charge in [-0.1, -0.05) is 0 Å². The van der Waals surface area contributed by atoms with Crippen molar-refractivity contribution in [3.8, 4) is 11.1 Å². The summed E-state index contributed by atoms with van der Waals surface area (Å²) < 4.78 is 3.42. The van der Waals surface area contributed by atoms with E-state index in [-0.39, 0.29) is 5.69 Å². The number of imidazole rings is 1. The van der Waals surface area contributed by atoms with Crippen molar-refractivity contribution < 1.29 is 9.90 Å². The van der Waals surface area contributed by atoms with Gasteiger partial charge in [0.2, 0.25) is 0 Å². The van der Waals surface area contributed by atoms with Gasteiger partial charge in [0, 0.05) is 36.8 Å². The van der Waals surface area contributed by atoms with E-state index >= 15 is 0 Å². The average molecular weight is 242 g/mol. The number of nitrogens with zero attached hydrogens (tertiary/aromatic N) is 4. The molecular weight excluding hydrogens is 232 g/mol. The van der Waals surface area contributed by atoms with Crippen LogP contribution >= 0.6 is 0 Å². The van der Waals surface area contributed by atoms with Crippen LogP contribution in [0.4, 0.5) is 0 Å². The normalized spacial score (nSPS) is 10.9. The van der Waals surface area contributed by atoms with Crippen molar-refractivity contribution in [2.24, 2.45) is 7.05 Å². The number of hydrogen-bond donors (Lipinski definition) is 1. The molecule has 0 saturated carbocycles. The van der Waals surface area contributed by atoms with Crippen LogP contribution in [-0.4, -0.2) is 30.2 Å². The minimum Gasteiger partial charge on any atom is -0.476 e. The molecule has 0 bridgehead atoms. The molecule has 0 fully saturated rings. The molecule has 0 radical (unpaired) electrons. The van der Waals surface area contributed by atoms with Crippen LogP contribution in [0.5, 0.6) is 0 Å². The summed E-state index contributed by atoms with van der Waals surface area (Å²) in [6, 6.07) is 3.68. The summed E-state index contributed by atoms with van der Waals surface area (Å²) in [6.07, 6.45) is 7.00. The minimum atomic E-state index is -1.03. The monoisotopic (exact) mass is 242 g/mol. The standard InChI is InChI=1S/C12H10N4O2/c1-15-5-9(4-13-15)8-2-3-11-14-10(12(17)18)7-16(11)6-8/h2-7H,1H3,(H,17,18). The Morgan fingerprint density at radius 3 is 2.72 bits per heavy atom. The van der Waals surface area contributed by atoms with E-state index in [1.54, 1.807) is 21.3 Å². The van der Waals surface area contributed by atoms with Gasteiger partial charge in [-0.25, -0.2) is 9.78 Å². The van der Waals surface area contributed by atoms with Crippen LogP contribution in [-0.2, 0) is 7.05 Å². The Morgan fingerprint density at radius 2 is 2.06 bits per heavy atom. The molecule has 3 aromatic rings. The summed E-state index contributed by atoms with van der Waals surface area (Å²) in [5, 5.41) is 13.0. The highest BCUT2D eigenvalue weighted by Crippen LogP contribution is 2.19. The van der Waals surface area contributed by atoms with Gasteiger partial charge in [-0.15, -0.1) is 0 Å². The first-order valence-electron chi connectivity index (χ1n) is 5.34. The molecule has 18 heavy (non-hydrogen) atoms. The SMILES string of the molecule is Cn1cc(-c2ccc3nc(C(=O)O)cn3c2)cn1. The summed E-state index contributed by atoms with van der Waals surface area (Å²) in [4.78, 5) is 14.8. The average Bonchev–Trinajstić information content (AvgIpc) is 2.93. The Morgan fingerprint density at radius 1 is 1.22 bits per heavy atom. The van der Waals surface area contributed by atoms with Gasteiger partial charge in [-0.05, 0) is 12.1 Å². The number of pyridine rings is 1. The van der Waals surface area contributed by atoms with Crippen molar-refractivity contribution in [2.45, 2.75) is 0 Å². The van der Waals surface area contributed by atoms with Crippen LogP contribution in [0.15, 0.2) is 36.9 Å². The fraction of sp³-hybridized carbons (Fsp3) is 0.0833. The summed E-state index contributed by atoms with van der Waals surface area (Å²) in [5.74, 6) is -1.03. The van der Waals surface area contributed by atoms with E-state index in [1.807, 2.05) is 25.5 Å². The molecule has 0 unspecified atom stereocenters. The number of carbonyl (C=O) groups is 1. The zero-order valence-electron chi connectivity index (χ0n) is 9.61. The van der Waals surface area contributed by atoms with Crippen LogP contribution in [0.25, 0.3) is 16.8 Å². The number of aryl methyl sites for hydroxylation is 1. The summed E-state index contributed by atoms with van der Waals surface area (Å²) >= 11 is 0. The van der Waals surface area contributed by atoms with Crippen molar-refractivity contribution in [3.63, 3.8) is 0 Å². The molecule has 3 heterocycles. The van der Waals surface area contributed by atoms with Crippen LogP contribution < -0.4 is 0 Å². The topological polar surface area (TPSA) is 72.4 Å². The largest absolute Gasteiger partial charge is 0.476 e. The maximum atomic E-state index is 10.8. The van der Waals surface area contributed by atoms with Crippen molar-refractivity contribution in [1.29, 1.82) is 0 Å². The van der Waals surface area contributed by atoms with Crippen molar-refractivity contribution >= 4 is 11.6 Å². The van der Waals surface area contributed by atoms with E-state index in [2.05, 4.69) is 10.1 Å². The fourth-order valence-corrected chi connectivity index (χ4v) is 1.84. The van der Waals surface area contributed by atoms with E-state index in [1.165, 1.54) is 6.20 Å². The molecule has 6 nitrogen and oxygen atoms in total. The third kappa shape index (κ3) is 1.64. The quantitative estimate of drug-likeness (QED) is 0.737. The van der Waals surface area contributed by atoms with Gasteiger partial charge in [-0.3, -0.25) is 4.68 Å². The zero-order valence-corrected chi connectivity index (χ0v) is 9.61. The molecule has 0 aliphatic heterocycles. The molecule has 0 saturated heterocycles. The lowest BCUT2D eigenvalue weighted by Crippen LogP contribution is -1.94. The number of hydrogen-bond acceptors (Lipinski definition) is 3. The van der Waals surface area contributed by atoms with Crippen LogP contribution in [0.3, 0.4) is 0 Å². The summed E-state index contributed by atoms with van der Waals surface area (Å²) in [6.45, 7) is 0. The van der Waals surface area contributed by atoms with Gasteiger partial charge < -0.3 is 9.51 Å². The highest BCUT2D eigenvalue weighted by molar-refractivity contribution is 5.86. The third-order valence-corrected chi connectivity index (χ3v) is 2.71. The highest BCUT2D eigenvalue weighted by Gasteiger charge is 2.09. The molecule has 3 rings (SSSR count). The fourth-order valence-electron chi connectivity index (χ4n) is 1.84. The van der Waals surface area contributed by atoms with Gasteiger partial charge in [0.15, 0.2) is 5.69 Å². The second-order valence-electron chi connectivity index (χ2n) is 4.02. The van der Waals surface area contributed by atoms with E-state index < -0.39 is 5.97 Å². The van der Waals surface area contributed by atoms with E-state index in [0.29, 0.717) is 5.65 Å². The highest BCUT2D eigenvalue weighted by atomic mass is 16.4. The number of fused-ring (bicyclic) bond motifs is 1. The van der Waals surface area contributed by atoms with Gasteiger partial charge in [-0.2, -0.15) is 5.10 Å². The summed E-state index contributed by atoms with van der Waals surface area (Å²) in [7, 11) is 1.85. The van der Waals surface area contributed by atoms with Crippen LogP contribution in [0, 0.1) is 0 Å². The smallest absolute Gasteiger partial charge is 0.356 e. The molecule has 3 aromatic heterocycles. The lowest BCUT2D eigenvalue weighted by atomic mass is 10.2. The minimum absolute atomic E-state index is 0.0401. The number of rotatable bonds is 2. The molecule has 6 heteroatoms. The van der Waals surface area contributed by atoms with Crippen LogP contribution in [0.1, 0.15) is 10.5 Å². The molecule has 0 atom stereocenters. The van der Waals surface area contributed by atoms with Crippen LogP contribution in [0.2, 0.25) is 0 Å². The lowest BCUT2D eigenvalue weighted by Gasteiger charge is -1.98. The molecule has 0 spiro atoms. The Balaban J connectivity index is 2.13. The predicted molar refractivity (Wildman–Crippen MR) is 64.4 cm³/mol. The van der Waals surface area contributed by atoms with E-state index in [0.717, 1.165) is 11.1 Å². The maximum absolute atomic E-state index is 10.8. The van der Waals surface area contributed by atoms with E-state index in [9.17, 15) is 4.79 Å². The van der Waals surface area contributed by atoms with Gasteiger partial charge >= 0.3 is 5.97 Å². The summed E-state index contributed by atoms with van der Waals surface area (Å²) in [5.41, 5.74) is 2.59. The zero-order chi connectivity index (χ0) is 12.7. The first-order valence-corrected chi connectivity index (χ1v) is 5.34. The second kappa shape index (κ2) is 3.69. The van der Waals surface area contributed by atoms with Gasteiger partial charge in [0.05, 0.1) is 6.20 Å². The molecule has 0 aliphatic rings. The first kappa shape index (κ1) is 10.5. The van der Waals surface area contributed by atoms with Gasteiger partial charge in [0.1, 0.15) is 5.65 Å². The van der Waals surface area contributed by atoms with Crippen molar-refractivity contribution in [3.05, 3.63) is 42.6 Å². The lowest BCUT2D eigenvalue weighted by molar-refractivity contribution is 0.0691. The maximum Gasteiger partial charge on any atom is 0.356 e. The second-order valence-corrected chi connectivity index (χ2v) is 4.02. The van der Waals surface area contributed by atoms with Crippen molar-refractivity contribution in [2.75, 3.05) is 0 Å². The Bertz CT molecular complexity index is 741. The molecule has 0 aromatic carbocycles. The third-order valence-electron chi connectivity index (χ3n) is 2.71. The molecular formula is C12H10N4O2. The Labute approximate surface area is 102 Å². The molecule has 1 N–H and O–H groups in total. The number of aromatic nitrogens is 4. The molecule has 90 valence electrons. The van der Waals surface area contributed by atoms with E-state index in [4.69, 9.17) is 5.11 Å². The molecule has 0 aliphatic carbocycles. The number of carboxylic acids is 1. The Kier molecular flexibility index (Phi) is 2.16. The first-order chi connectivity index (χ1) is 8.63. The van der Waals surface area contributed by atoms with Crippen molar-refractivity contribution in [1.82, 2.24) is 19.2 Å². The number of aromatic carboxylic acids is 1. The Hall–Kier alpha value is -2.63.